The Morgan fingerprint density at radius 2 is 1.69 bits per heavy atom. The smallest absolute Gasteiger partial charge is 0.417 e. The van der Waals surface area contributed by atoms with Gasteiger partial charge in [0.2, 0.25) is 12.1 Å². The number of nitrogens with zero attached hydrogens (tertiary/aromatic N) is 3. The molecule has 1 saturated heterocycles. The summed E-state index contributed by atoms with van der Waals surface area (Å²) in [6.45, 7) is 4.05. The number of hydrogen-bond acceptors (Lipinski definition) is 17. The van der Waals surface area contributed by atoms with Crippen LogP contribution in [-0.2, 0) is 19.0 Å². The third-order valence-corrected chi connectivity index (χ3v) is 13.5. The number of carbonyl (C=O) groups excluding carboxylic acids is 2. The molecule has 7 unspecified atom stereocenters. The van der Waals surface area contributed by atoms with Gasteiger partial charge in [-0.3, -0.25) is 20.3 Å². The molecule has 2 aliphatic heterocycles. The molecule has 0 spiro atoms. The maximum Gasteiger partial charge on any atom is 0.417 e. The summed E-state index contributed by atoms with van der Waals surface area (Å²) in [6.07, 6.45) is 7.71. The standard InChI is InChI=1S/C52H66N4O16/c1-4-26-68-52-46(55(22-28-66-29-25-59)51(61)70-36-16-14-35(15-17-36)56(62)63)33-43(54-72-47-13-7-10-27-67-47)40-30-34(11-5-8-23-57)39(12-6-9-24-58)48(49(40)52)41-31-38(19-21-44(41)71-52)69-50(60)53-42-20-18-37(64-2)32-45(42)65-3/h4,14-21,30-32,34,39,46-49,57-59H,1,5-13,22-29,33H2,2-3H3,(H,53,60). The maximum atomic E-state index is 14.9. The number of nitro groups is 1. The number of ether oxygens (including phenoxy) is 8. The average Bonchev–Trinajstić information content (AvgIpc) is 3.39. The Hall–Kier alpha value is -6.29. The lowest BCUT2D eigenvalue weighted by molar-refractivity contribution is -0.384. The van der Waals surface area contributed by atoms with Gasteiger partial charge in [-0.25, -0.2) is 9.59 Å². The maximum absolute atomic E-state index is 14.9. The highest BCUT2D eigenvalue weighted by atomic mass is 16.8. The van der Waals surface area contributed by atoms with Crippen molar-refractivity contribution in [3.63, 3.8) is 0 Å². The Labute approximate surface area is 418 Å². The second-order valence-corrected chi connectivity index (χ2v) is 17.9. The Balaban J connectivity index is 1.40. The number of aliphatic hydroxyl groups is 3. The number of benzene rings is 3. The summed E-state index contributed by atoms with van der Waals surface area (Å²) in [7, 11) is 3.00. The molecule has 7 atom stereocenters. The zero-order valence-electron chi connectivity index (χ0n) is 40.8. The van der Waals surface area contributed by atoms with Gasteiger partial charge in [0.25, 0.3) is 5.69 Å². The highest BCUT2D eigenvalue weighted by Crippen LogP contribution is 2.62. The first-order valence-corrected chi connectivity index (χ1v) is 24.6. The summed E-state index contributed by atoms with van der Waals surface area (Å²) in [5.74, 6) is -1.68. The molecule has 1 saturated carbocycles. The van der Waals surface area contributed by atoms with E-state index in [-0.39, 0.29) is 81.6 Å². The lowest BCUT2D eigenvalue weighted by Crippen LogP contribution is -2.70. The van der Waals surface area contributed by atoms with Crippen LogP contribution in [0.4, 0.5) is 21.0 Å². The number of amides is 2. The number of nitrogens with one attached hydrogen (secondary N) is 1. The van der Waals surface area contributed by atoms with E-state index in [0.29, 0.717) is 85.8 Å². The molecule has 7 rings (SSSR count). The van der Waals surface area contributed by atoms with Crippen LogP contribution < -0.4 is 29.0 Å². The molecule has 0 radical (unpaired) electrons. The largest absolute Gasteiger partial charge is 0.497 e. The molecular weight excluding hydrogens is 937 g/mol. The molecule has 20 heteroatoms. The van der Waals surface area contributed by atoms with Crippen LogP contribution in [0, 0.1) is 27.9 Å². The van der Waals surface area contributed by atoms with Gasteiger partial charge in [-0.1, -0.05) is 30.1 Å². The molecule has 72 heavy (non-hydrogen) atoms. The molecule has 3 aromatic carbocycles. The average molecular weight is 1000 g/mol. The highest BCUT2D eigenvalue weighted by Gasteiger charge is 2.66. The summed E-state index contributed by atoms with van der Waals surface area (Å²) in [5, 5.41) is 48.8. The number of methoxy groups -OCH3 is 2. The van der Waals surface area contributed by atoms with Crippen molar-refractivity contribution in [3.05, 3.63) is 101 Å². The highest BCUT2D eigenvalue weighted by molar-refractivity contribution is 6.03. The number of aliphatic hydroxyl groups excluding tert-OH is 3. The van der Waals surface area contributed by atoms with Crippen molar-refractivity contribution in [2.75, 3.05) is 72.3 Å². The third kappa shape index (κ3) is 12.7. The number of unbranched alkanes of at least 4 members (excludes halogenated alkanes) is 2. The number of non-ortho nitro benzene ring substituents is 1. The number of fused-ring (bicyclic) bond motifs is 2. The summed E-state index contributed by atoms with van der Waals surface area (Å²) in [4.78, 5) is 47.2. The van der Waals surface area contributed by atoms with Gasteiger partial charge in [-0.2, -0.15) is 0 Å². The number of hydrogen-bond donors (Lipinski definition) is 4. The first-order chi connectivity index (χ1) is 35.1. The van der Waals surface area contributed by atoms with Crippen molar-refractivity contribution in [1.82, 2.24) is 4.90 Å². The van der Waals surface area contributed by atoms with Crippen molar-refractivity contribution < 1.29 is 72.6 Å². The van der Waals surface area contributed by atoms with Crippen molar-refractivity contribution in [2.45, 2.75) is 88.2 Å². The van der Waals surface area contributed by atoms with Crippen LogP contribution in [0.15, 0.2) is 90.1 Å². The third-order valence-electron chi connectivity index (χ3n) is 13.5. The summed E-state index contributed by atoms with van der Waals surface area (Å²) in [6, 6.07) is 14.1. The Bertz CT molecular complexity index is 2370. The predicted molar refractivity (Wildman–Crippen MR) is 263 cm³/mol. The van der Waals surface area contributed by atoms with Crippen LogP contribution in [-0.4, -0.2) is 128 Å². The molecule has 20 nitrogen and oxygen atoms in total. The molecule has 4 N–H and O–H groups in total. The minimum atomic E-state index is -1.71. The van der Waals surface area contributed by atoms with E-state index in [4.69, 9.17) is 47.9 Å². The lowest BCUT2D eigenvalue weighted by Gasteiger charge is -2.59. The molecule has 390 valence electrons. The Kier molecular flexibility index (Phi) is 19.2. The second-order valence-electron chi connectivity index (χ2n) is 17.9. The fourth-order valence-corrected chi connectivity index (χ4v) is 10.3. The van der Waals surface area contributed by atoms with Crippen LogP contribution >= 0.6 is 0 Å². The quantitative estimate of drug-likeness (QED) is 0.0273. The van der Waals surface area contributed by atoms with Gasteiger partial charge in [-0.15, -0.1) is 6.58 Å². The van der Waals surface area contributed by atoms with E-state index in [1.54, 1.807) is 42.5 Å². The zero-order valence-corrected chi connectivity index (χ0v) is 40.8. The fraction of sp³-hybridized carbons (Fsp3) is 0.519. The first kappa shape index (κ1) is 53.5. The van der Waals surface area contributed by atoms with Crippen LogP contribution in [0.3, 0.4) is 0 Å². The summed E-state index contributed by atoms with van der Waals surface area (Å²) < 4.78 is 48.9. The molecule has 2 heterocycles. The number of allylic oxidation sites excluding steroid dienone is 1. The molecule has 3 aromatic rings. The van der Waals surface area contributed by atoms with E-state index in [1.165, 1.54) is 43.4 Å². The molecule has 4 aliphatic rings. The minimum absolute atomic E-state index is 0.0122. The molecule has 0 aromatic heterocycles. The van der Waals surface area contributed by atoms with E-state index in [9.17, 15) is 35.0 Å². The minimum Gasteiger partial charge on any atom is -0.497 e. The van der Waals surface area contributed by atoms with E-state index in [0.717, 1.165) is 18.4 Å². The van der Waals surface area contributed by atoms with Crippen LogP contribution in [0.1, 0.15) is 75.7 Å². The number of oxime groups is 1. The van der Waals surface area contributed by atoms with Crippen LogP contribution in [0.2, 0.25) is 0 Å². The molecule has 2 fully saturated rings. The molecule has 0 bridgehead atoms. The second kappa shape index (κ2) is 25.9. The van der Waals surface area contributed by atoms with Crippen LogP contribution in [0.25, 0.3) is 0 Å². The molecular formula is C52H66N4O16. The van der Waals surface area contributed by atoms with E-state index < -0.39 is 47.1 Å². The van der Waals surface area contributed by atoms with Crippen molar-refractivity contribution in [1.29, 1.82) is 0 Å². The first-order valence-electron chi connectivity index (χ1n) is 24.6. The molecule has 2 aliphatic carbocycles. The Morgan fingerprint density at radius 3 is 2.39 bits per heavy atom. The molecule has 2 amide bonds. The number of carbonyl (C=O) groups is 2. The number of anilines is 1. The lowest BCUT2D eigenvalue weighted by atomic mass is 9.55. The van der Waals surface area contributed by atoms with E-state index in [1.807, 2.05) is 0 Å². The number of nitro benzene ring substituents is 1. The van der Waals surface area contributed by atoms with Crippen LogP contribution in [0.5, 0.6) is 28.7 Å². The van der Waals surface area contributed by atoms with Gasteiger partial charge in [0.1, 0.15) is 34.8 Å². The van der Waals surface area contributed by atoms with Gasteiger partial charge >= 0.3 is 12.2 Å². The normalized spacial score (nSPS) is 23.6. The van der Waals surface area contributed by atoms with Crippen molar-refractivity contribution in [3.8, 4) is 28.7 Å². The monoisotopic (exact) mass is 1000 g/mol. The zero-order chi connectivity index (χ0) is 51.0. The van der Waals surface area contributed by atoms with Gasteiger partial charge in [0.15, 0.2) is 0 Å². The van der Waals surface area contributed by atoms with Gasteiger partial charge < -0.3 is 58.1 Å². The van der Waals surface area contributed by atoms with E-state index in [2.05, 4.69) is 18.0 Å². The van der Waals surface area contributed by atoms with Crippen molar-refractivity contribution in [2.24, 2.45) is 22.9 Å². The van der Waals surface area contributed by atoms with Gasteiger partial charge in [0, 0.05) is 62.3 Å². The summed E-state index contributed by atoms with van der Waals surface area (Å²) >= 11 is 0. The van der Waals surface area contributed by atoms with Crippen molar-refractivity contribution >= 4 is 29.3 Å². The van der Waals surface area contributed by atoms with E-state index >= 15 is 0 Å². The van der Waals surface area contributed by atoms with Gasteiger partial charge in [-0.05, 0) is 98.4 Å². The van der Waals surface area contributed by atoms with Gasteiger partial charge in [0.05, 0.1) is 69.5 Å². The summed E-state index contributed by atoms with van der Waals surface area (Å²) in [5.41, 5.74) is 2.11. The topological polar surface area (TPSA) is 249 Å². The predicted octanol–water partition coefficient (Wildman–Crippen LogP) is 7.89. The Morgan fingerprint density at radius 1 is 0.931 bits per heavy atom. The fourth-order valence-electron chi connectivity index (χ4n) is 10.3. The SMILES string of the molecule is C=CCOC12Oc3ccc(OC(=O)Nc4ccc(OC)cc4OC)cc3C3C(CCCCO)C(CCCCO)C=C(C(=NOC4CCCCO4)CC1N(CCOCCO)C(=O)Oc1ccc([N+](=O)[O-])cc1)C32. The number of rotatable bonds is 25.